The summed E-state index contributed by atoms with van der Waals surface area (Å²) in [7, 11) is 0. The maximum absolute atomic E-state index is 12.4. The number of hydrogen-bond donors (Lipinski definition) is 1. The summed E-state index contributed by atoms with van der Waals surface area (Å²) in [4.78, 5) is 37.9. The second-order valence-corrected chi connectivity index (χ2v) is 6.11. The maximum atomic E-state index is 12.4. The molecule has 23 heavy (non-hydrogen) atoms. The number of hydrogen-bond acceptors (Lipinski definition) is 5. The molecule has 124 valence electrons. The molecule has 0 radical (unpaired) electrons. The van der Waals surface area contributed by atoms with E-state index in [2.05, 4.69) is 0 Å². The highest BCUT2D eigenvalue weighted by atomic mass is 16.6. The zero-order chi connectivity index (χ0) is 17.2. The molecule has 1 aliphatic rings. The summed E-state index contributed by atoms with van der Waals surface area (Å²) < 4.78 is 0. The molecule has 0 atom stereocenters. The molecular weight excluding hydrogens is 300 g/mol. The SMILES string of the molecule is CC(C)(N)C(=O)N1CCN(C(=O)c2ccc([N+](=O)[O-])cc2)CC1. The van der Waals surface area contributed by atoms with Gasteiger partial charge in [0.25, 0.3) is 11.6 Å². The number of amides is 2. The van der Waals surface area contributed by atoms with Crippen LogP contribution in [0.2, 0.25) is 0 Å². The minimum atomic E-state index is -0.926. The van der Waals surface area contributed by atoms with Gasteiger partial charge in [-0.2, -0.15) is 0 Å². The molecule has 0 aliphatic carbocycles. The summed E-state index contributed by atoms with van der Waals surface area (Å²) in [6.45, 7) is 5.00. The van der Waals surface area contributed by atoms with Crippen molar-refractivity contribution in [2.45, 2.75) is 19.4 Å². The molecule has 1 saturated heterocycles. The third-order valence-corrected chi connectivity index (χ3v) is 3.73. The first-order chi connectivity index (χ1) is 10.7. The smallest absolute Gasteiger partial charge is 0.269 e. The van der Waals surface area contributed by atoms with E-state index in [1.54, 1.807) is 23.6 Å². The molecular formula is C15H20N4O4. The van der Waals surface area contributed by atoms with Gasteiger partial charge in [-0.1, -0.05) is 0 Å². The number of piperazine rings is 1. The number of nitro groups is 1. The van der Waals surface area contributed by atoms with Crippen LogP contribution < -0.4 is 5.73 Å². The number of nitrogens with two attached hydrogens (primary N) is 1. The van der Waals surface area contributed by atoms with Crippen LogP contribution in [0.5, 0.6) is 0 Å². The molecule has 1 aliphatic heterocycles. The van der Waals surface area contributed by atoms with Gasteiger partial charge in [-0.15, -0.1) is 0 Å². The van der Waals surface area contributed by atoms with Gasteiger partial charge < -0.3 is 15.5 Å². The van der Waals surface area contributed by atoms with Crippen LogP contribution in [0.1, 0.15) is 24.2 Å². The van der Waals surface area contributed by atoms with E-state index in [-0.39, 0.29) is 17.5 Å². The Labute approximate surface area is 134 Å². The van der Waals surface area contributed by atoms with Gasteiger partial charge in [0, 0.05) is 43.9 Å². The van der Waals surface area contributed by atoms with Gasteiger partial charge in [0.05, 0.1) is 10.5 Å². The third-order valence-electron chi connectivity index (χ3n) is 3.73. The van der Waals surface area contributed by atoms with Gasteiger partial charge in [-0.25, -0.2) is 0 Å². The Balaban J connectivity index is 1.98. The van der Waals surface area contributed by atoms with Gasteiger partial charge >= 0.3 is 0 Å². The average molecular weight is 320 g/mol. The largest absolute Gasteiger partial charge is 0.338 e. The van der Waals surface area contributed by atoms with Gasteiger partial charge in [-0.05, 0) is 26.0 Å². The van der Waals surface area contributed by atoms with E-state index in [1.807, 2.05) is 0 Å². The van der Waals surface area contributed by atoms with Crippen LogP contribution in [0.25, 0.3) is 0 Å². The van der Waals surface area contributed by atoms with Crippen molar-refractivity contribution in [1.82, 2.24) is 9.80 Å². The van der Waals surface area contributed by atoms with E-state index in [0.29, 0.717) is 31.7 Å². The van der Waals surface area contributed by atoms with E-state index >= 15 is 0 Å². The lowest BCUT2D eigenvalue weighted by atomic mass is 10.0. The van der Waals surface area contributed by atoms with Crippen molar-refractivity contribution in [3.05, 3.63) is 39.9 Å². The fourth-order valence-electron chi connectivity index (χ4n) is 2.43. The number of benzene rings is 1. The summed E-state index contributed by atoms with van der Waals surface area (Å²) in [5, 5.41) is 10.6. The van der Waals surface area contributed by atoms with Crippen LogP contribution in [0.3, 0.4) is 0 Å². The first kappa shape index (κ1) is 16.9. The van der Waals surface area contributed by atoms with E-state index in [1.165, 1.54) is 24.3 Å². The van der Waals surface area contributed by atoms with Gasteiger partial charge in [0.1, 0.15) is 0 Å². The lowest BCUT2D eigenvalue weighted by Crippen LogP contribution is -2.57. The highest BCUT2D eigenvalue weighted by molar-refractivity contribution is 5.94. The quantitative estimate of drug-likeness (QED) is 0.648. The lowest BCUT2D eigenvalue weighted by molar-refractivity contribution is -0.384. The first-order valence-electron chi connectivity index (χ1n) is 7.32. The van der Waals surface area contributed by atoms with Crippen molar-refractivity contribution in [3.63, 3.8) is 0 Å². The number of carbonyl (C=O) groups is 2. The van der Waals surface area contributed by atoms with Crippen LogP contribution in [0, 0.1) is 10.1 Å². The van der Waals surface area contributed by atoms with Crippen LogP contribution in [0.4, 0.5) is 5.69 Å². The molecule has 8 nitrogen and oxygen atoms in total. The Bertz CT molecular complexity index is 613. The minimum absolute atomic E-state index is 0.0536. The summed E-state index contributed by atoms with van der Waals surface area (Å²) in [6.07, 6.45) is 0. The lowest BCUT2D eigenvalue weighted by Gasteiger charge is -2.37. The maximum Gasteiger partial charge on any atom is 0.269 e. The Morgan fingerprint density at radius 2 is 1.57 bits per heavy atom. The predicted molar refractivity (Wildman–Crippen MR) is 83.8 cm³/mol. The highest BCUT2D eigenvalue weighted by Crippen LogP contribution is 2.15. The summed E-state index contributed by atoms with van der Waals surface area (Å²) in [6, 6.07) is 5.51. The molecule has 8 heteroatoms. The first-order valence-corrected chi connectivity index (χ1v) is 7.32. The van der Waals surface area contributed by atoms with Crippen LogP contribution in [-0.2, 0) is 4.79 Å². The van der Waals surface area contributed by atoms with Gasteiger partial charge in [-0.3, -0.25) is 19.7 Å². The summed E-state index contributed by atoms with van der Waals surface area (Å²) >= 11 is 0. The molecule has 0 aromatic heterocycles. The number of carbonyl (C=O) groups excluding carboxylic acids is 2. The molecule has 0 spiro atoms. The van der Waals surface area contributed by atoms with Crippen LogP contribution >= 0.6 is 0 Å². The second kappa shape index (κ2) is 6.33. The van der Waals surface area contributed by atoms with Crippen molar-refractivity contribution in [2.75, 3.05) is 26.2 Å². The van der Waals surface area contributed by atoms with Crippen LogP contribution in [-0.4, -0.2) is 58.3 Å². The third kappa shape index (κ3) is 3.84. The number of nitrogens with zero attached hydrogens (tertiary/aromatic N) is 3. The Morgan fingerprint density at radius 3 is 2.00 bits per heavy atom. The Hall–Kier alpha value is -2.48. The molecule has 0 unspecified atom stereocenters. The van der Waals surface area contributed by atoms with Crippen molar-refractivity contribution in [1.29, 1.82) is 0 Å². The Morgan fingerprint density at radius 1 is 1.09 bits per heavy atom. The van der Waals surface area contributed by atoms with Gasteiger partial charge in [0.15, 0.2) is 0 Å². The molecule has 1 heterocycles. The second-order valence-electron chi connectivity index (χ2n) is 6.11. The number of non-ortho nitro benzene ring substituents is 1. The van der Waals surface area contributed by atoms with Crippen molar-refractivity contribution < 1.29 is 14.5 Å². The zero-order valence-electron chi connectivity index (χ0n) is 13.2. The molecule has 0 saturated carbocycles. The molecule has 2 N–H and O–H groups in total. The highest BCUT2D eigenvalue weighted by Gasteiger charge is 2.31. The zero-order valence-corrected chi connectivity index (χ0v) is 13.2. The van der Waals surface area contributed by atoms with Crippen LogP contribution in [0.15, 0.2) is 24.3 Å². The van der Waals surface area contributed by atoms with E-state index in [4.69, 9.17) is 5.73 Å². The molecule has 0 bridgehead atoms. The molecule has 2 amide bonds. The minimum Gasteiger partial charge on any atom is -0.338 e. The van der Waals surface area contributed by atoms with Gasteiger partial charge in [0.2, 0.25) is 5.91 Å². The Kier molecular flexibility index (Phi) is 4.65. The van der Waals surface area contributed by atoms with E-state index in [9.17, 15) is 19.7 Å². The monoisotopic (exact) mass is 320 g/mol. The fraction of sp³-hybridized carbons (Fsp3) is 0.467. The fourth-order valence-corrected chi connectivity index (χ4v) is 2.43. The predicted octanol–water partition coefficient (Wildman–Crippen LogP) is 0.617. The van der Waals surface area contributed by atoms with E-state index < -0.39 is 10.5 Å². The standard InChI is InChI=1S/C15H20N4O4/c1-15(2,16)14(21)18-9-7-17(8-10-18)13(20)11-3-5-12(6-4-11)19(22)23/h3-6H,7-10,16H2,1-2H3. The normalized spacial score (nSPS) is 15.4. The average Bonchev–Trinajstić information content (AvgIpc) is 2.53. The summed E-state index contributed by atoms with van der Waals surface area (Å²) in [5.74, 6) is -0.334. The molecule has 1 fully saturated rings. The van der Waals surface area contributed by atoms with Crippen molar-refractivity contribution in [3.8, 4) is 0 Å². The topological polar surface area (TPSA) is 110 Å². The van der Waals surface area contributed by atoms with Crippen molar-refractivity contribution >= 4 is 17.5 Å². The number of rotatable bonds is 3. The molecule has 1 aromatic carbocycles. The summed E-state index contributed by atoms with van der Waals surface area (Å²) in [5.41, 5.74) is 5.23. The molecule has 2 rings (SSSR count). The van der Waals surface area contributed by atoms with Crippen molar-refractivity contribution in [2.24, 2.45) is 5.73 Å². The molecule has 1 aromatic rings. The number of nitro benzene ring substituents is 1. The van der Waals surface area contributed by atoms with E-state index in [0.717, 1.165) is 0 Å².